The van der Waals surface area contributed by atoms with Gasteiger partial charge in [-0.1, -0.05) is 0 Å². The standard InChI is InChI=1S/C15H23N3O2/c1-17-7-6-11(9-17)10-18(2)15(19)13-5-4-12(16)8-14(13)20-3/h4-5,8,11H,6-7,9-10,16H2,1-3H3. The van der Waals surface area contributed by atoms with Crippen LogP contribution in [0.1, 0.15) is 16.8 Å². The molecule has 0 aromatic heterocycles. The minimum atomic E-state index is -0.0172. The molecule has 5 nitrogen and oxygen atoms in total. The van der Waals surface area contributed by atoms with Crippen molar-refractivity contribution in [1.82, 2.24) is 9.80 Å². The van der Waals surface area contributed by atoms with Crippen LogP contribution in [-0.2, 0) is 0 Å². The number of likely N-dealkylation sites (tertiary alicyclic amines) is 1. The van der Waals surface area contributed by atoms with E-state index < -0.39 is 0 Å². The van der Waals surface area contributed by atoms with Crippen LogP contribution < -0.4 is 10.5 Å². The molecular formula is C15H23N3O2. The molecule has 0 radical (unpaired) electrons. The van der Waals surface area contributed by atoms with Crippen LogP contribution in [0.4, 0.5) is 5.69 Å². The fourth-order valence-corrected chi connectivity index (χ4v) is 2.74. The van der Waals surface area contributed by atoms with E-state index in [1.807, 2.05) is 7.05 Å². The number of ether oxygens (including phenoxy) is 1. The second-order valence-corrected chi connectivity index (χ2v) is 5.56. The monoisotopic (exact) mass is 277 g/mol. The number of rotatable bonds is 4. The Hall–Kier alpha value is -1.75. The summed E-state index contributed by atoms with van der Waals surface area (Å²) < 4.78 is 5.25. The van der Waals surface area contributed by atoms with E-state index in [4.69, 9.17) is 10.5 Å². The molecule has 0 saturated carbocycles. The molecule has 1 atom stereocenters. The zero-order valence-corrected chi connectivity index (χ0v) is 12.4. The summed E-state index contributed by atoms with van der Waals surface area (Å²) in [6, 6.07) is 5.14. The molecule has 1 aromatic carbocycles. The van der Waals surface area contributed by atoms with Gasteiger partial charge < -0.3 is 20.3 Å². The van der Waals surface area contributed by atoms with Gasteiger partial charge in [-0.15, -0.1) is 0 Å². The number of hydrogen-bond acceptors (Lipinski definition) is 4. The Morgan fingerprint density at radius 1 is 1.55 bits per heavy atom. The maximum atomic E-state index is 12.5. The van der Waals surface area contributed by atoms with Crippen LogP contribution >= 0.6 is 0 Å². The summed E-state index contributed by atoms with van der Waals surface area (Å²) in [6.07, 6.45) is 1.15. The number of nitrogen functional groups attached to an aromatic ring is 1. The van der Waals surface area contributed by atoms with Crippen LogP contribution in [0, 0.1) is 5.92 Å². The summed E-state index contributed by atoms with van der Waals surface area (Å²) in [6.45, 7) is 2.94. The van der Waals surface area contributed by atoms with Gasteiger partial charge in [0.05, 0.1) is 12.7 Å². The fourth-order valence-electron chi connectivity index (χ4n) is 2.74. The number of carbonyl (C=O) groups is 1. The molecule has 1 aliphatic rings. The smallest absolute Gasteiger partial charge is 0.257 e. The summed E-state index contributed by atoms with van der Waals surface area (Å²) in [5.74, 6) is 1.07. The van der Waals surface area contributed by atoms with Gasteiger partial charge in [0.2, 0.25) is 0 Å². The third-order valence-electron chi connectivity index (χ3n) is 3.82. The maximum Gasteiger partial charge on any atom is 0.257 e. The highest BCUT2D eigenvalue weighted by Gasteiger charge is 2.24. The summed E-state index contributed by atoms with van der Waals surface area (Å²) in [4.78, 5) is 16.6. The predicted molar refractivity (Wildman–Crippen MR) is 80.0 cm³/mol. The number of hydrogen-bond donors (Lipinski definition) is 1. The number of benzene rings is 1. The van der Waals surface area contributed by atoms with Gasteiger partial charge in [0, 0.05) is 31.9 Å². The van der Waals surface area contributed by atoms with Gasteiger partial charge in [-0.2, -0.15) is 0 Å². The highest BCUT2D eigenvalue weighted by Crippen LogP contribution is 2.23. The van der Waals surface area contributed by atoms with Crippen molar-refractivity contribution in [3.05, 3.63) is 23.8 Å². The number of nitrogens with two attached hydrogens (primary N) is 1. The molecule has 2 N–H and O–H groups in total. The molecule has 20 heavy (non-hydrogen) atoms. The average Bonchev–Trinajstić information content (AvgIpc) is 2.83. The van der Waals surface area contributed by atoms with Crippen LogP contribution in [-0.4, -0.2) is 56.5 Å². The lowest BCUT2D eigenvalue weighted by Crippen LogP contribution is -2.33. The maximum absolute atomic E-state index is 12.5. The van der Waals surface area contributed by atoms with Crippen LogP contribution in [0.25, 0.3) is 0 Å². The van der Waals surface area contributed by atoms with Crippen molar-refractivity contribution in [2.24, 2.45) is 5.92 Å². The van der Waals surface area contributed by atoms with Gasteiger partial charge in [0.25, 0.3) is 5.91 Å². The number of carbonyl (C=O) groups excluding carboxylic acids is 1. The van der Waals surface area contributed by atoms with Crippen LogP contribution in [0.2, 0.25) is 0 Å². The van der Waals surface area contributed by atoms with Gasteiger partial charge >= 0.3 is 0 Å². The second kappa shape index (κ2) is 6.13. The van der Waals surface area contributed by atoms with Gasteiger partial charge in [-0.25, -0.2) is 0 Å². The molecule has 1 heterocycles. The summed E-state index contributed by atoms with van der Waals surface area (Å²) in [5.41, 5.74) is 6.88. The first-order chi connectivity index (χ1) is 9.51. The molecule has 110 valence electrons. The summed E-state index contributed by atoms with van der Waals surface area (Å²) >= 11 is 0. The van der Waals surface area contributed by atoms with E-state index in [-0.39, 0.29) is 5.91 Å². The van der Waals surface area contributed by atoms with Gasteiger partial charge in [-0.3, -0.25) is 4.79 Å². The molecule has 1 saturated heterocycles. The lowest BCUT2D eigenvalue weighted by molar-refractivity contribution is 0.0770. The van der Waals surface area contributed by atoms with Crippen LogP contribution in [0.3, 0.4) is 0 Å². The number of methoxy groups -OCH3 is 1. The number of amides is 1. The van der Waals surface area contributed by atoms with E-state index in [0.717, 1.165) is 26.1 Å². The molecule has 1 aliphatic heterocycles. The van der Waals surface area contributed by atoms with Gasteiger partial charge in [0.15, 0.2) is 0 Å². The summed E-state index contributed by atoms with van der Waals surface area (Å²) in [5, 5.41) is 0. The Bertz CT molecular complexity index is 490. The Balaban J connectivity index is 2.06. The van der Waals surface area contributed by atoms with E-state index in [2.05, 4.69) is 11.9 Å². The van der Waals surface area contributed by atoms with E-state index in [9.17, 15) is 4.79 Å². The SMILES string of the molecule is COc1cc(N)ccc1C(=O)N(C)CC1CCN(C)C1. The topological polar surface area (TPSA) is 58.8 Å². The quantitative estimate of drug-likeness (QED) is 0.843. The molecule has 1 aromatic rings. The van der Waals surface area contributed by atoms with Crippen molar-refractivity contribution in [3.63, 3.8) is 0 Å². The minimum Gasteiger partial charge on any atom is -0.496 e. The Morgan fingerprint density at radius 2 is 2.30 bits per heavy atom. The van der Waals surface area contributed by atoms with Crippen molar-refractivity contribution in [2.45, 2.75) is 6.42 Å². The number of nitrogens with zero attached hydrogens (tertiary/aromatic N) is 2. The molecule has 1 unspecified atom stereocenters. The highest BCUT2D eigenvalue weighted by atomic mass is 16.5. The molecule has 0 spiro atoms. The Labute approximate surface area is 120 Å². The van der Waals surface area contributed by atoms with E-state index in [1.165, 1.54) is 0 Å². The van der Waals surface area contributed by atoms with Crippen LogP contribution in [0.15, 0.2) is 18.2 Å². The first kappa shape index (κ1) is 14.7. The van der Waals surface area contributed by atoms with Crippen molar-refractivity contribution < 1.29 is 9.53 Å². The minimum absolute atomic E-state index is 0.0172. The molecule has 0 bridgehead atoms. The van der Waals surface area contributed by atoms with Crippen LogP contribution in [0.5, 0.6) is 5.75 Å². The third-order valence-corrected chi connectivity index (χ3v) is 3.82. The van der Waals surface area contributed by atoms with Crippen molar-refractivity contribution in [1.29, 1.82) is 0 Å². The van der Waals surface area contributed by atoms with Gasteiger partial charge in [0.1, 0.15) is 5.75 Å². The molecule has 1 fully saturated rings. The average molecular weight is 277 g/mol. The largest absolute Gasteiger partial charge is 0.496 e. The van der Waals surface area contributed by atoms with Crippen molar-refractivity contribution in [2.75, 3.05) is 46.6 Å². The normalized spacial score (nSPS) is 19.1. The highest BCUT2D eigenvalue weighted by molar-refractivity contribution is 5.97. The first-order valence-corrected chi connectivity index (χ1v) is 6.88. The molecule has 2 rings (SSSR count). The molecule has 0 aliphatic carbocycles. The zero-order chi connectivity index (χ0) is 14.7. The Kier molecular flexibility index (Phi) is 4.49. The van der Waals surface area contributed by atoms with E-state index >= 15 is 0 Å². The first-order valence-electron chi connectivity index (χ1n) is 6.88. The predicted octanol–water partition coefficient (Wildman–Crippen LogP) is 1.30. The fraction of sp³-hybridized carbons (Fsp3) is 0.533. The molecular weight excluding hydrogens is 254 g/mol. The van der Waals surface area contributed by atoms with Gasteiger partial charge in [-0.05, 0) is 38.1 Å². The third kappa shape index (κ3) is 3.22. The zero-order valence-electron chi connectivity index (χ0n) is 12.4. The summed E-state index contributed by atoms with van der Waals surface area (Å²) in [7, 11) is 5.51. The number of anilines is 1. The molecule has 1 amide bonds. The van der Waals surface area contributed by atoms with E-state index in [1.54, 1.807) is 30.2 Å². The Morgan fingerprint density at radius 3 is 2.90 bits per heavy atom. The van der Waals surface area contributed by atoms with E-state index in [0.29, 0.717) is 22.9 Å². The molecule has 5 heteroatoms. The van der Waals surface area contributed by atoms with Crippen molar-refractivity contribution >= 4 is 11.6 Å². The van der Waals surface area contributed by atoms with Crippen molar-refractivity contribution in [3.8, 4) is 5.75 Å². The lowest BCUT2D eigenvalue weighted by Gasteiger charge is -2.22. The second-order valence-electron chi connectivity index (χ2n) is 5.56. The lowest BCUT2D eigenvalue weighted by atomic mass is 10.1.